The average Bonchev–Trinajstić information content (AvgIpc) is 2.68. The van der Waals surface area contributed by atoms with Crippen LogP contribution in [0, 0.1) is 11.8 Å². The van der Waals surface area contributed by atoms with E-state index in [4.69, 9.17) is 9.47 Å². The molecule has 1 aromatic heterocycles. The minimum Gasteiger partial charge on any atom is -0.449 e. The number of amides is 2. The number of carbonyl (C=O) groups is 2. The van der Waals surface area contributed by atoms with Crippen molar-refractivity contribution < 1.29 is 24.3 Å². The summed E-state index contributed by atoms with van der Waals surface area (Å²) in [6.45, 7) is 9.34. The lowest BCUT2D eigenvalue weighted by molar-refractivity contribution is 0.136. The molecule has 0 spiro atoms. The van der Waals surface area contributed by atoms with Gasteiger partial charge in [-0.15, -0.1) is 9.72 Å². The van der Waals surface area contributed by atoms with Crippen LogP contribution in [0.25, 0.3) is 0 Å². The van der Waals surface area contributed by atoms with Crippen LogP contribution in [0.5, 0.6) is 0 Å². The third-order valence-electron chi connectivity index (χ3n) is 3.79. The third-order valence-corrected chi connectivity index (χ3v) is 3.79. The van der Waals surface area contributed by atoms with Crippen molar-refractivity contribution in [3.05, 3.63) is 23.8 Å². The molecule has 2 N–H and O–H groups in total. The summed E-state index contributed by atoms with van der Waals surface area (Å²) in [7, 11) is 0. The van der Waals surface area contributed by atoms with Gasteiger partial charge in [-0.1, -0.05) is 39.8 Å². The van der Waals surface area contributed by atoms with Gasteiger partial charge >= 0.3 is 12.2 Å². The largest absolute Gasteiger partial charge is 0.449 e. The molecule has 10 heteroatoms. The van der Waals surface area contributed by atoms with Gasteiger partial charge in [0.25, 0.3) is 5.62 Å². The molecule has 0 radical (unpaired) electrons. The predicted octanol–water partition coefficient (Wildman–Crippen LogP) is 2.78. The molecule has 2 rings (SSSR count). The molecule has 2 amide bonds. The van der Waals surface area contributed by atoms with Crippen LogP contribution in [-0.4, -0.2) is 53.4 Å². The van der Waals surface area contributed by atoms with Gasteiger partial charge in [-0.2, -0.15) is 4.98 Å². The van der Waals surface area contributed by atoms with Crippen molar-refractivity contribution in [2.45, 2.75) is 34.1 Å². The Hall–Kier alpha value is -3.04. The minimum atomic E-state index is -0.877. The first-order valence-corrected chi connectivity index (χ1v) is 9.64. The highest BCUT2D eigenvalue weighted by Gasteiger charge is 2.16. The molecular formula is C19H29N5O5. The van der Waals surface area contributed by atoms with Crippen molar-refractivity contribution in [2.75, 3.05) is 36.5 Å². The molecule has 0 saturated heterocycles. The summed E-state index contributed by atoms with van der Waals surface area (Å²) in [5.74, 6) is 0.738. The van der Waals surface area contributed by atoms with Crippen molar-refractivity contribution in [1.82, 2.24) is 9.71 Å². The van der Waals surface area contributed by atoms with Gasteiger partial charge in [-0.05, 0) is 18.3 Å². The topological polar surface area (TPSA) is 118 Å². The fourth-order valence-electron chi connectivity index (χ4n) is 2.38. The number of carbonyl (C=O) groups excluding carboxylic acids is 2. The first-order chi connectivity index (χ1) is 13.8. The SMILES string of the molecule is CC(C)COC(=O)/N=c1\nc(N2CC=CCC2)cc(NC(=O)OCC(C)C)n1O. The fourth-order valence-corrected chi connectivity index (χ4v) is 2.38. The van der Waals surface area contributed by atoms with E-state index in [9.17, 15) is 14.8 Å². The minimum absolute atomic E-state index is 0.0197. The lowest BCUT2D eigenvalue weighted by Crippen LogP contribution is -2.34. The van der Waals surface area contributed by atoms with Crippen molar-refractivity contribution >= 4 is 23.8 Å². The molecule has 0 aliphatic carbocycles. The Morgan fingerprint density at radius 2 is 1.90 bits per heavy atom. The Morgan fingerprint density at radius 3 is 2.52 bits per heavy atom. The molecule has 0 saturated carbocycles. The zero-order valence-electron chi connectivity index (χ0n) is 17.3. The Labute approximate surface area is 169 Å². The zero-order valence-corrected chi connectivity index (χ0v) is 17.3. The van der Waals surface area contributed by atoms with Crippen LogP contribution in [0.1, 0.15) is 34.1 Å². The van der Waals surface area contributed by atoms with Crippen molar-refractivity contribution in [2.24, 2.45) is 16.8 Å². The Kier molecular flexibility index (Phi) is 8.05. The van der Waals surface area contributed by atoms with Crippen LogP contribution in [0.15, 0.2) is 23.2 Å². The molecule has 0 fully saturated rings. The van der Waals surface area contributed by atoms with Crippen molar-refractivity contribution in [1.29, 1.82) is 0 Å². The van der Waals surface area contributed by atoms with Crippen LogP contribution in [0.4, 0.5) is 21.2 Å². The van der Waals surface area contributed by atoms with Gasteiger partial charge in [0.05, 0.1) is 13.2 Å². The molecular weight excluding hydrogens is 378 g/mol. The predicted molar refractivity (Wildman–Crippen MR) is 107 cm³/mol. The van der Waals surface area contributed by atoms with Crippen LogP contribution < -0.4 is 15.8 Å². The van der Waals surface area contributed by atoms with Crippen molar-refractivity contribution in [3.8, 4) is 0 Å². The Morgan fingerprint density at radius 1 is 1.21 bits per heavy atom. The maximum atomic E-state index is 12.0. The summed E-state index contributed by atoms with van der Waals surface area (Å²) in [6.07, 6.45) is 3.27. The first kappa shape index (κ1) is 22.3. The van der Waals surface area contributed by atoms with Gasteiger partial charge in [0.15, 0.2) is 5.82 Å². The van der Waals surface area contributed by atoms with E-state index in [0.29, 0.717) is 23.6 Å². The van der Waals surface area contributed by atoms with Crippen LogP contribution in [-0.2, 0) is 9.47 Å². The van der Waals surface area contributed by atoms with E-state index in [-0.39, 0.29) is 36.5 Å². The lowest BCUT2D eigenvalue weighted by Gasteiger charge is -2.25. The number of nitrogens with zero attached hydrogens (tertiary/aromatic N) is 4. The second-order valence-electron chi connectivity index (χ2n) is 7.52. The highest BCUT2D eigenvalue weighted by molar-refractivity contribution is 5.83. The lowest BCUT2D eigenvalue weighted by atomic mass is 10.2. The molecule has 29 heavy (non-hydrogen) atoms. The van der Waals surface area contributed by atoms with Gasteiger partial charge in [0.2, 0.25) is 0 Å². The molecule has 10 nitrogen and oxygen atoms in total. The molecule has 1 aliphatic heterocycles. The molecule has 1 aromatic rings. The Balaban J connectivity index is 2.34. The number of hydrogen-bond donors (Lipinski definition) is 2. The van der Waals surface area contributed by atoms with E-state index in [2.05, 4.69) is 21.4 Å². The highest BCUT2D eigenvalue weighted by atomic mass is 16.6. The number of aromatic nitrogens is 2. The number of rotatable bonds is 6. The molecule has 0 atom stereocenters. The van der Waals surface area contributed by atoms with Gasteiger partial charge in [0, 0.05) is 19.2 Å². The van der Waals surface area contributed by atoms with Gasteiger partial charge in [0.1, 0.15) is 5.82 Å². The molecule has 0 aromatic carbocycles. The van der Waals surface area contributed by atoms with E-state index in [1.165, 1.54) is 6.07 Å². The summed E-state index contributed by atoms with van der Waals surface area (Å²) >= 11 is 0. The van der Waals surface area contributed by atoms with Gasteiger partial charge < -0.3 is 19.6 Å². The standard InChI is InChI=1S/C19H29N5O5/c1-13(2)11-28-18(25)21-16-10-15(23-8-6-5-7-9-23)20-17(24(16)27)22-19(26)29-12-14(3)4/h5-6,10,13-14,27H,7-9,11-12H2,1-4H3,(H,21,25)/b22-17+. The van der Waals surface area contributed by atoms with E-state index >= 15 is 0 Å². The van der Waals surface area contributed by atoms with Gasteiger partial charge in [-0.3, -0.25) is 5.32 Å². The van der Waals surface area contributed by atoms with E-state index < -0.39 is 12.2 Å². The van der Waals surface area contributed by atoms with E-state index in [0.717, 1.165) is 6.42 Å². The number of hydrogen-bond acceptors (Lipinski definition) is 7. The van der Waals surface area contributed by atoms with Gasteiger partial charge in [-0.25, -0.2) is 9.59 Å². The first-order valence-electron chi connectivity index (χ1n) is 9.64. The smallest absolute Gasteiger partial charge is 0.437 e. The number of anilines is 2. The van der Waals surface area contributed by atoms with Crippen molar-refractivity contribution in [3.63, 3.8) is 0 Å². The number of nitrogens with one attached hydrogen (secondary N) is 1. The maximum absolute atomic E-state index is 12.0. The fraction of sp³-hybridized carbons (Fsp3) is 0.579. The summed E-state index contributed by atoms with van der Waals surface area (Å²) in [5.41, 5.74) is -0.301. The maximum Gasteiger partial charge on any atom is 0.437 e. The Bertz CT molecular complexity index is 816. The second-order valence-corrected chi connectivity index (χ2v) is 7.52. The van der Waals surface area contributed by atoms with E-state index in [1.807, 2.05) is 38.7 Å². The summed E-state index contributed by atoms with van der Waals surface area (Å²) < 4.78 is 10.6. The summed E-state index contributed by atoms with van der Waals surface area (Å²) in [4.78, 5) is 33.9. The molecule has 2 heterocycles. The second kappa shape index (κ2) is 10.5. The molecule has 0 bridgehead atoms. The highest BCUT2D eigenvalue weighted by Crippen LogP contribution is 2.17. The van der Waals surface area contributed by atoms with Crippen LogP contribution in [0.2, 0.25) is 0 Å². The normalized spacial score (nSPS) is 14.4. The number of ether oxygens (including phenoxy) is 2. The molecule has 1 aliphatic rings. The quantitative estimate of drug-likeness (QED) is 0.550. The van der Waals surface area contributed by atoms with Crippen LogP contribution in [0.3, 0.4) is 0 Å². The summed E-state index contributed by atoms with van der Waals surface area (Å²) in [5, 5.41) is 12.9. The summed E-state index contributed by atoms with van der Waals surface area (Å²) in [6, 6.07) is 1.49. The van der Waals surface area contributed by atoms with Crippen LogP contribution >= 0.6 is 0 Å². The molecule has 160 valence electrons. The third kappa shape index (κ3) is 7.13. The average molecular weight is 407 g/mol. The molecule has 0 unspecified atom stereocenters. The monoisotopic (exact) mass is 407 g/mol. The van der Waals surface area contributed by atoms with E-state index in [1.54, 1.807) is 0 Å². The zero-order chi connectivity index (χ0) is 21.4.